The number of carbonyl (C=O) groups is 2. The Labute approximate surface area is 216 Å². The van der Waals surface area contributed by atoms with Crippen molar-refractivity contribution in [1.29, 1.82) is 0 Å². The van der Waals surface area contributed by atoms with Crippen LogP contribution in [0.25, 0.3) is 0 Å². The Balaban J connectivity index is 3.92. The largest absolute Gasteiger partial charge is 0.469 e. The number of esters is 1. The first-order valence-electron chi connectivity index (χ1n) is 13.4. The van der Waals surface area contributed by atoms with Crippen LogP contribution in [0.4, 0.5) is 0 Å². The fourth-order valence-corrected chi connectivity index (χ4v) is 5.02. The van der Waals surface area contributed by atoms with Crippen LogP contribution in [0.3, 0.4) is 0 Å². The minimum absolute atomic E-state index is 0.297. The highest BCUT2D eigenvalue weighted by atomic mass is 32.2. The van der Waals surface area contributed by atoms with Gasteiger partial charge in [0.2, 0.25) is 0 Å². The second-order valence-electron chi connectivity index (χ2n) is 8.99. The van der Waals surface area contributed by atoms with E-state index < -0.39 is 13.9 Å². The number of ether oxygens (including phenoxy) is 2. The topological polar surface area (TPSA) is 119 Å². The van der Waals surface area contributed by atoms with Crippen molar-refractivity contribution in [2.45, 2.75) is 122 Å². The van der Waals surface area contributed by atoms with Gasteiger partial charge in [-0.1, -0.05) is 90.4 Å². The molecule has 0 unspecified atom stereocenters. The zero-order chi connectivity index (χ0) is 26.0. The van der Waals surface area contributed by atoms with Crippen molar-refractivity contribution in [2.24, 2.45) is 0 Å². The SMILES string of the molecule is CCCCCCCCCCCC(=O)O[C@H](COP(=O)(O)O)CSCCCCCCCCCOC=O. The van der Waals surface area contributed by atoms with Crippen LogP contribution >= 0.6 is 19.6 Å². The number of phosphoric ester groups is 1. The van der Waals surface area contributed by atoms with Gasteiger partial charge in [0.05, 0.1) is 13.2 Å². The molecule has 8 nitrogen and oxygen atoms in total. The van der Waals surface area contributed by atoms with Crippen molar-refractivity contribution in [3.63, 3.8) is 0 Å². The van der Waals surface area contributed by atoms with E-state index in [9.17, 15) is 14.2 Å². The molecule has 0 fully saturated rings. The fourth-order valence-electron chi connectivity index (χ4n) is 3.66. The highest BCUT2D eigenvalue weighted by Crippen LogP contribution is 2.36. The summed E-state index contributed by atoms with van der Waals surface area (Å²) in [7, 11) is -4.60. The predicted octanol–water partition coefficient (Wildman–Crippen LogP) is 6.57. The fraction of sp³-hybridized carbons (Fsp3) is 0.920. The predicted molar refractivity (Wildman–Crippen MR) is 141 cm³/mol. The summed E-state index contributed by atoms with van der Waals surface area (Å²) in [5.74, 6) is 1.03. The Morgan fingerprint density at radius 2 is 1.40 bits per heavy atom. The Morgan fingerprint density at radius 3 is 1.97 bits per heavy atom. The van der Waals surface area contributed by atoms with E-state index in [0.29, 0.717) is 25.3 Å². The van der Waals surface area contributed by atoms with Crippen LogP contribution < -0.4 is 0 Å². The summed E-state index contributed by atoms with van der Waals surface area (Å²) in [4.78, 5) is 40.2. The van der Waals surface area contributed by atoms with Crippen molar-refractivity contribution < 1.29 is 37.9 Å². The molecule has 0 aliphatic carbocycles. The van der Waals surface area contributed by atoms with Gasteiger partial charge in [-0.2, -0.15) is 11.8 Å². The van der Waals surface area contributed by atoms with Gasteiger partial charge in [-0.3, -0.25) is 14.1 Å². The van der Waals surface area contributed by atoms with Crippen molar-refractivity contribution >= 4 is 32.0 Å². The monoisotopic (exact) mass is 540 g/mol. The van der Waals surface area contributed by atoms with Gasteiger partial charge in [0.25, 0.3) is 6.47 Å². The van der Waals surface area contributed by atoms with Crippen molar-refractivity contribution in [3.8, 4) is 0 Å². The molecule has 0 saturated carbocycles. The molecule has 1 atom stereocenters. The van der Waals surface area contributed by atoms with Gasteiger partial charge in [-0.25, -0.2) is 4.57 Å². The van der Waals surface area contributed by atoms with E-state index in [-0.39, 0.29) is 12.6 Å². The molecule has 0 aliphatic heterocycles. The van der Waals surface area contributed by atoms with E-state index in [1.165, 1.54) is 38.5 Å². The first-order chi connectivity index (χ1) is 16.9. The molecule has 0 saturated heterocycles. The van der Waals surface area contributed by atoms with Gasteiger partial charge in [-0.05, 0) is 25.0 Å². The molecule has 0 aromatic rings. The van der Waals surface area contributed by atoms with Gasteiger partial charge in [0.1, 0.15) is 6.10 Å². The molecule has 0 heterocycles. The standard InChI is InChI=1S/C25H49O8PS/c1-2-3-4-5-6-7-9-12-15-18-25(27)33-24(21-32-34(28,29)30)22-35-20-17-14-11-8-10-13-16-19-31-23-26/h23-24H,2-22H2,1H3,(H2,28,29,30)/t24-/m1/s1. The smallest absolute Gasteiger partial charge is 0.468 e. The van der Waals surface area contributed by atoms with Gasteiger partial charge >= 0.3 is 13.8 Å². The summed E-state index contributed by atoms with van der Waals surface area (Å²) in [5.41, 5.74) is 0. The maximum absolute atomic E-state index is 12.2. The molecule has 0 aromatic carbocycles. The van der Waals surface area contributed by atoms with Crippen molar-refractivity contribution in [2.75, 3.05) is 24.7 Å². The molecule has 0 rings (SSSR count). The molecule has 35 heavy (non-hydrogen) atoms. The molecular formula is C25H49O8PS. The first kappa shape index (κ1) is 34.4. The lowest BCUT2D eigenvalue weighted by Crippen LogP contribution is -2.25. The molecule has 10 heteroatoms. The van der Waals surface area contributed by atoms with Crippen LogP contribution in [0.2, 0.25) is 0 Å². The lowest BCUT2D eigenvalue weighted by atomic mass is 10.1. The van der Waals surface area contributed by atoms with Crippen LogP contribution in [0, 0.1) is 0 Å². The molecule has 2 N–H and O–H groups in total. The summed E-state index contributed by atoms with van der Waals surface area (Å²) in [5, 5.41) is 0. The van der Waals surface area contributed by atoms with Crippen LogP contribution in [-0.2, 0) is 28.2 Å². The summed E-state index contributed by atoms with van der Waals surface area (Å²) in [6.07, 6.45) is 17.7. The molecule has 0 aliphatic rings. The zero-order valence-corrected chi connectivity index (χ0v) is 23.4. The first-order valence-corrected chi connectivity index (χ1v) is 16.1. The minimum Gasteiger partial charge on any atom is -0.468 e. The zero-order valence-electron chi connectivity index (χ0n) is 21.7. The highest BCUT2D eigenvalue weighted by molar-refractivity contribution is 7.99. The third kappa shape index (κ3) is 27.8. The molecular weight excluding hydrogens is 491 g/mol. The number of thioether (sulfide) groups is 1. The maximum Gasteiger partial charge on any atom is 0.469 e. The van der Waals surface area contributed by atoms with Crippen molar-refractivity contribution in [3.05, 3.63) is 0 Å². The van der Waals surface area contributed by atoms with E-state index >= 15 is 0 Å². The summed E-state index contributed by atoms with van der Waals surface area (Å²) >= 11 is 1.61. The Bertz CT molecular complexity index is 544. The molecule has 0 bridgehead atoms. The van der Waals surface area contributed by atoms with Gasteiger partial charge < -0.3 is 19.3 Å². The third-order valence-corrected chi connectivity index (χ3v) is 7.30. The average Bonchev–Trinajstić information content (AvgIpc) is 2.81. The third-order valence-electron chi connectivity index (χ3n) is 5.63. The Morgan fingerprint density at radius 1 is 0.857 bits per heavy atom. The average molecular weight is 541 g/mol. The van der Waals surface area contributed by atoms with E-state index in [0.717, 1.165) is 70.0 Å². The number of unbranched alkanes of at least 4 members (excludes halogenated alkanes) is 14. The second kappa shape index (κ2) is 25.1. The molecule has 208 valence electrons. The normalized spacial score (nSPS) is 12.4. The Kier molecular flexibility index (Phi) is 24.6. The minimum atomic E-state index is -4.60. The number of carbonyl (C=O) groups excluding carboxylic acids is 2. The molecule has 0 aromatic heterocycles. The van der Waals surface area contributed by atoms with Gasteiger partial charge in [0, 0.05) is 12.2 Å². The van der Waals surface area contributed by atoms with E-state index in [1.807, 2.05) is 0 Å². The van der Waals surface area contributed by atoms with Crippen molar-refractivity contribution in [1.82, 2.24) is 0 Å². The summed E-state index contributed by atoms with van der Waals surface area (Å²) in [6.45, 7) is 2.90. The lowest BCUT2D eigenvalue weighted by molar-refractivity contribution is -0.149. The van der Waals surface area contributed by atoms with E-state index in [2.05, 4.69) is 16.2 Å². The van der Waals surface area contributed by atoms with Crippen LogP contribution in [0.5, 0.6) is 0 Å². The quantitative estimate of drug-likeness (QED) is 0.0516. The summed E-state index contributed by atoms with van der Waals surface area (Å²) in [6, 6.07) is 0. The Hall–Kier alpha value is -0.600. The number of hydrogen-bond acceptors (Lipinski definition) is 7. The van der Waals surface area contributed by atoms with Gasteiger partial charge in [0.15, 0.2) is 0 Å². The van der Waals surface area contributed by atoms with Crippen LogP contribution in [0.1, 0.15) is 116 Å². The summed E-state index contributed by atoms with van der Waals surface area (Å²) < 4.78 is 25.8. The molecule has 0 radical (unpaired) electrons. The maximum atomic E-state index is 12.2. The number of hydrogen-bond donors (Lipinski definition) is 2. The second-order valence-corrected chi connectivity index (χ2v) is 11.4. The van der Waals surface area contributed by atoms with Gasteiger partial charge in [-0.15, -0.1) is 0 Å². The molecule has 0 amide bonds. The van der Waals surface area contributed by atoms with Crippen LogP contribution in [-0.4, -0.2) is 53.1 Å². The van der Waals surface area contributed by atoms with E-state index in [4.69, 9.17) is 14.5 Å². The lowest BCUT2D eigenvalue weighted by Gasteiger charge is -2.18. The number of rotatable bonds is 27. The number of phosphoric acid groups is 1. The highest BCUT2D eigenvalue weighted by Gasteiger charge is 2.21. The molecule has 0 spiro atoms. The van der Waals surface area contributed by atoms with E-state index in [1.54, 1.807) is 11.8 Å². The van der Waals surface area contributed by atoms with Crippen LogP contribution in [0.15, 0.2) is 0 Å².